The van der Waals surface area contributed by atoms with Crippen LogP contribution in [0.15, 0.2) is 77.7 Å². The van der Waals surface area contributed by atoms with Crippen molar-refractivity contribution in [1.29, 1.82) is 0 Å². The number of halogens is 2. The molecule has 0 fully saturated rings. The minimum absolute atomic E-state index is 0.0557. The van der Waals surface area contributed by atoms with Crippen LogP contribution < -0.4 is 10.0 Å². The highest BCUT2D eigenvalue weighted by atomic mass is 32.2. The van der Waals surface area contributed by atoms with E-state index in [1.807, 2.05) is 13.8 Å². The summed E-state index contributed by atoms with van der Waals surface area (Å²) in [5.41, 5.74) is 0.955. The standard InChI is InChI=1S/C24H24F2N2O3S/c1-24(2,21-5-3-4-6-22(21)26)16-27-23(29)15-17-7-11-19(12-8-17)28-32(30,31)20-13-9-18(25)10-14-20/h3-14,28H,15-16H2,1-2H3,(H,27,29). The Morgan fingerprint density at radius 1 is 0.906 bits per heavy atom. The largest absolute Gasteiger partial charge is 0.355 e. The third-order valence-corrected chi connectivity index (χ3v) is 6.42. The molecule has 0 radical (unpaired) electrons. The number of anilines is 1. The smallest absolute Gasteiger partial charge is 0.261 e. The first-order valence-corrected chi connectivity index (χ1v) is 11.4. The molecule has 0 aromatic heterocycles. The zero-order chi connectivity index (χ0) is 23.4. The molecule has 0 aliphatic carbocycles. The predicted molar refractivity (Wildman–Crippen MR) is 120 cm³/mol. The summed E-state index contributed by atoms with van der Waals surface area (Å²) < 4.78 is 54.2. The van der Waals surface area contributed by atoms with Gasteiger partial charge in [0.15, 0.2) is 0 Å². The molecule has 0 unspecified atom stereocenters. The summed E-state index contributed by atoms with van der Waals surface area (Å²) >= 11 is 0. The van der Waals surface area contributed by atoms with E-state index in [9.17, 15) is 22.0 Å². The van der Waals surface area contributed by atoms with Crippen LogP contribution in [0.2, 0.25) is 0 Å². The van der Waals surface area contributed by atoms with Crippen LogP contribution in [0.3, 0.4) is 0 Å². The van der Waals surface area contributed by atoms with Crippen molar-refractivity contribution in [2.24, 2.45) is 0 Å². The van der Waals surface area contributed by atoms with Crippen LogP contribution in [-0.2, 0) is 26.7 Å². The van der Waals surface area contributed by atoms with Crippen LogP contribution in [0.5, 0.6) is 0 Å². The third kappa shape index (κ3) is 5.91. The van der Waals surface area contributed by atoms with Crippen molar-refractivity contribution in [3.05, 3.63) is 95.6 Å². The molecule has 0 aliphatic rings. The maximum absolute atomic E-state index is 14.1. The summed E-state index contributed by atoms with van der Waals surface area (Å²) in [4.78, 5) is 12.3. The molecule has 3 aromatic rings. The Labute approximate surface area is 186 Å². The van der Waals surface area contributed by atoms with E-state index in [1.165, 1.54) is 18.2 Å². The SMILES string of the molecule is CC(C)(CNC(=O)Cc1ccc(NS(=O)(=O)c2ccc(F)cc2)cc1)c1ccccc1F. The second-order valence-electron chi connectivity index (χ2n) is 8.07. The Balaban J connectivity index is 1.58. The molecule has 3 aromatic carbocycles. The van der Waals surface area contributed by atoms with Crippen molar-refractivity contribution < 1.29 is 22.0 Å². The number of rotatable bonds is 8. The van der Waals surface area contributed by atoms with Crippen LogP contribution in [0.25, 0.3) is 0 Å². The van der Waals surface area contributed by atoms with Crippen molar-refractivity contribution in [3.8, 4) is 0 Å². The van der Waals surface area contributed by atoms with E-state index >= 15 is 0 Å². The number of benzene rings is 3. The third-order valence-electron chi connectivity index (χ3n) is 5.03. The molecule has 168 valence electrons. The fourth-order valence-corrected chi connectivity index (χ4v) is 4.25. The summed E-state index contributed by atoms with van der Waals surface area (Å²) in [6, 6.07) is 17.4. The van der Waals surface area contributed by atoms with E-state index in [-0.39, 0.29) is 29.6 Å². The van der Waals surface area contributed by atoms with Crippen LogP contribution in [0.4, 0.5) is 14.5 Å². The van der Waals surface area contributed by atoms with E-state index in [2.05, 4.69) is 10.0 Å². The number of hydrogen-bond acceptors (Lipinski definition) is 3. The first-order chi connectivity index (χ1) is 15.1. The van der Waals surface area contributed by atoms with Gasteiger partial charge in [-0.05, 0) is 53.6 Å². The lowest BCUT2D eigenvalue weighted by atomic mass is 9.84. The number of amides is 1. The molecule has 0 spiro atoms. The molecule has 5 nitrogen and oxygen atoms in total. The van der Waals surface area contributed by atoms with Gasteiger partial charge in [-0.25, -0.2) is 17.2 Å². The fraction of sp³-hybridized carbons (Fsp3) is 0.208. The minimum Gasteiger partial charge on any atom is -0.355 e. The second-order valence-corrected chi connectivity index (χ2v) is 9.76. The molecule has 0 bridgehead atoms. The lowest BCUT2D eigenvalue weighted by molar-refractivity contribution is -0.120. The van der Waals surface area contributed by atoms with Gasteiger partial charge in [0.25, 0.3) is 10.0 Å². The average molecular weight is 459 g/mol. The highest BCUT2D eigenvalue weighted by Crippen LogP contribution is 2.25. The zero-order valence-electron chi connectivity index (χ0n) is 17.7. The molecule has 2 N–H and O–H groups in total. The number of carbonyl (C=O) groups excluding carboxylic acids is 1. The lowest BCUT2D eigenvalue weighted by Gasteiger charge is -2.26. The maximum atomic E-state index is 14.1. The number of hydrogen-bond donors (Lipinski definition) is 2. The quantitative estimate of drug-likeness (QED) is 0.525. The first kappa shape index (κ1) is 23.4. The van der Waals surface area contributed by atoms with E-state index in [1.54, 1.807) is 42.5 Å². The molecule has 0 atom stereocenters. The number of carbonyl (C=O) groups is 1. The molecular weight excluding hydrogens is 434 g/mol. The Kier molecular flexibility index (Phi) is 6.93. The Hall–Kier alpha value is -3.26. The molecule has 0 saturated heterocycles. The number of nitrogens with one attached hydrogen (secondary N) is 2. The van der Waals surface area contributed by atoms with Gasteiger partial charge in [-0.1, -0.05) is 44.2 Å². The monoisotopic (exact) mass is 458 g/mol. The highest BCUT2D eigenvalue weighted by molar-refractivity contribution is 7.92. The molecule has 8 heteroatoms. The number of sulfonamides is 1. The molecule has 0 aliphatic heterocycles. The van der Waals surface area contributed by atoms with Crippen molar-refractivity contribution in [2.75, 3.05) is 11.3 Å². The second kappa shape index (κ2) is 9.48. The predicted octanol–water partition coefficient (Wildman–Crippen LogP) is 4.40. The van der Waals surface area contributed by atoms with E-state index in [4.69, 9.17) is 0 Å². The van der Waals surface area contributed by atoms with Gasteiger partial charge >= 0.3 is 0 Å². The molecule has 32 heavy (non-hydrogen) atoms. The Morgan fingerprint density at radius 2 is 1.53 bits per heavy atom. The highest BCUT2D eigenvalue weighted by Gasteiger charge is 2.24. The van der Waals surface area contributed by atoms with Crippen molar-refractivity contribution in [2.45, 2.75) is 30.6 Å². The minimum atomic E-state index is -3.85. The van der Waals surface area contributed by atoms with Crippen LogP contribution in [0, 0.1) is 11.6 Å². The molecule has 0 saturated carbocycles. The van der Waals surface area contributed by atoms with E-state index in [0.29, 0.717) is 16.8 Å². The van der Waals surface area contributed by atoms with Crippen molar-refractivity contribution in [1.82, 2.24) is 5.32 Å². The Bertz CT molecular complexity index is 1190. The zero-order valence-corrected chi connectivity index (χ0v) is 18.5. The first-order valence-electron chi connectivity index (χ1n) is 9.96. The van der Waals surface area contributed by atoms with Gasteiger partial charge in [0.05, 0.1) is 11.3 Å². The van der Waals surface area contributed by atoms with Gasteiger partial charge < -0.3 is 5.32 Å². The summed E-state index contributed by atoms with van der Waals surface area (Å²) in [6.45, 7) is 3.98. The van der Waals surface area contributed by atoms with E-state index < -0.39 is 21.3 Å². The van der Waals surface area contributed by atoms with Crippen molar-refractivity contribution in [3.63, 3.8) is 0 Å². The van der Waals surface area contributed by atoms with Gasteiger partial charge in [-0.15, -0.1) is 0 Å². The maximum Gasteiger partial charge on any atom is 0.261 e. The van der Waals surface area contributed by atoms with Gasteiger partial charge in [-0.3, -0.25) is 9.52 Å². The van der Waals surface area contributed by atoms with Gasteiger partial charge in [0.2, 0.25) is 5.91 Å². The molecule has 0 heterocycles. The normalized spacial score (nSPS) is 11.8. The average Bonchev–Trinajstić information content (AvgIpc) is 2.74. The summed E-state index contributed by atoms with van der Waals surface area (Å²) in [5.74, 6) is -1.07. The van der Waals surface area contributed by atoms with Crippen molar-refractivity contribution >= 4 is 21.6 Å². The van der Waals surface area contributed by atoms with Gasteiger partial charge in [-0.2, -0.15) is 0 Å². The Morgan fingerprint density at radius 3 is 2.16 bits per heavy atom. The molecule has 3 rings (SSSR count). The summed E-state index contributed by atoms with van der Waals surface area (Å²) in [5, 5.41) is 2.83. The molecular formula is C24H24F2N2O3S. The summed E-state index contributed by atoms with van der Waals surface area (Å²) in [6.07, 6.45) is 0.0956. The van der Waals surface area contributed by atoms with Crippen LogP contribution in [-0.4, -0.2) is 20.9 Å². The fourth-order valence-electron chi connectivity index (χ4n) is 3.19. The van der Waals surface area contributed by atoms with Gasteiger partial charge in [0.1, 0.15) is 11.6 Å². The topological polar surface area (TPSA) is 75.3 Å². The molecule has 1 amide bonds. The van der Waals surface area contributed by atoms with Crippen LogP contribution >= 0.6 is 0 Å². The van der Waals surface area contributed by atoms with E-state index in [0.717, 1.165) is 12.1 Å². The van der Waals surface area contributed by atoms with Crippen LogP contribution in [0.1, 0.15) is 25.0 Å². The van der Waals surface area contributed by atoms with Gasteiger partial charge in [0, 0.05) is 17.6 Å². The lowest BCUT2D eigenvalue weighted by Crippen LogP contribution is -2.37. The summed E-state index contributed by atoms with van der Waals surface area (Å²) in [7, 11) is -3.85.